The van der Waals surface area contributed by atoms with Gasteiger partial charge in [0.2, 0.25) is 0 Å². The van der Waals surface area contributed by atoms with E-state index in [0.29, 0.717) is 16.6 Å². The summed E-state index contributed by atoms with van der Waals surface area (Å²) in [7, 11) is -1.74. The van der Waals surface area contributed by atoms with Crippen molar-refractivity contribution >= 4 is 8.07 Å². The van der Waals surface area contributed by atoms with Gasteiger partial charge in [0.25, 0.3) is 0 Å². The van der Waals surface area contributed by atoms with Gasteiger partial charge in [-0.25, -0.2) is 0 Å². The van der Waals surface area contributed by atoms with Crippen LogP contribution in [0.25, 0.3) is 0 Å². The van der Waals surface area contributed by atoms with Crippen molar-refractivity contribution in [1.82, 2.24) is 0 Å². The Morgan fingerprint density at radius 1 is 0.938 bits per heavy atom. The Balaban J connectivity index is 5.45. The third kappa shape index (κ3) is 3.64. The molecule has 92 valence electrons. The molecule has 0 aromatic heterocycles. The second kappa shape index (κ2) is 5.38. The Morgan fingerprint density at radius 3 is 1.44 bits per heavy atom. The van der Waals surface area contributed by atoms with Crippen molar-refractivity contribution < 1.29 is 5.11 Å². The average molecular weight is 238 g/mol. The second-order valence-electron chi connectivity index (χ2n) is 5.68. The standard InChI is InChI=1S/C14H26OSi/c1-11(2)16(12(3)4,13(5)6)10-9-14(7,8)15/h11-13,15H,7-8H2,1-6H3. The van der Waals surface area contributed by atoms with Crippen LogP contribution in [0.1, 0.15) is 41.5 Å². The lowest BCUT2D eigenvalue weighted by Crippen LogP contribution is -2.43. The van der Waals surface area contributed by atoms with Crippen molar-refractivity contribution in [2.24, 2.45) is 0 Å². The highest BCUT2D eigenvalue weighted by atomic mass is 28.3. The van der Waals surface area contributed by atoms with Crippen LogP contribution in [0.5, 0.6) is 0 Å². The van der Waals surface area contributed by atoms with E-state index in [4.69, 9.17) is 0 Å². The molecule has 0 aliphatic rings. The van der Waals surface area contributed by atoms with Crippen molar-refractivity contribution in [1.29, 1.82) is 0 Å². The van der Waals surface area contributed by atoms with Crippen LogP contribution in [0.3, 0.4) is 0 Å². The molecule has 0 saturated heterocycles. The maximum atomic E-state index is 9.55. The normalized spacial score (nSPS) is 13.2. The molecule has 0 spiro atoms. The zero-order valence-corrected chi connectivity index (χ0v) is 12.6. The van der Waals surface area contributed by atoms with Crippen LogP contribution in [-0.2, 0) is 0 Å². The van der Waals surface area contributed by atoms with Crippen molar-refractivity contribution in [2.45, 2.75) is 63.8 Å². The largest absolute Gasteiger partial charge is 0.378 e. The summed E-state index contributed by atoms with van der Waals surface area (Å²) in [4.78, 5) is 0. The first-order valence-electron chi connectivity index (χ1n) is 6.01. The molecule has 0 aromatic rings. The second-order valence-corrected chi connectivity index (χ2v) is 11.3. The molecule has 0 rings (SSSR count). The number of hydrogen-bond acceptors (Lipinski definition) is 1. The number of hydrogen-bond donors (Lipinski definition) is 1. The molecule has 0 aliphatic heterocycles. The molecule has 0 saturated carbocycles. The van der Waals surface area contributed by atoms with Gasteiger partial charge in [0.15, 0.2) is 0 Å². The first kappa shape index (κ1) is 15.7. The van der Waals surface area contributed by atoms with Crippen LogP contribution in [0.2, 0.25) is 16.6 Å². The number of aliphatic hydroxyl groups is 1. The summed E-state index contributed by atoms with van der Waals surface area (Å²) >= 11 is 0. The summed E-state index contributed by atoms with van der Waals surface area (Å²) in [6.07, 6.45) is 0. The molecule has 0 heterocycles. The molecule has 1 nitrogen and oxygen atoms in total. The van der Waals surface area contributed by atoms with E-state index < -0.39 is 13.7 Å². The predicted molar refractivity (Wildman–Crippen MR) is 74.5 cm³/mol. The Kier molecular flexibility index (Phi) is 5.29. The summed E-state index contributed by atoms with van der Waals surface area (Å²) in [5.41, 5.74) is 3.74. The van der Waals surface area contributed by atoms with Gasteiger partial charge in [-0.1, -0.05) is 47.5 Å². The summed E-state index contributed by atoms with van der Waals surface area (Å²) in [5, 5.41) is 9.55. The van der Waals surface area contributed by atoms with Gasteiger partial charge in [-0.15, -0.1) is 5.54 Å². The minimum Gasteiger partial charge on any atom is -0.378 e. The minimum atomic E-state index is -1.74. The van der Waals surface area contributed by atoms with Gasteiger partial charge in [0, 0.05) is 0 Å². The SMILES string of the molecule is [CH2]C([CH2])(O)C#C[Si](C(C)C)(C(C)C)C(C)C. The lowest BCUT2D eigenvalue weighted by molar-refractivity contribution is 0.199. The molecule has 1 N–H and O–H groups in total. The molecule has 0 aliphatic carbocycles. The summed E-state index contributed by atoms with van der Waals surface area (Å²) in [6, 6.07) is 0. The molecule has 0 amide bonds. The topological polar surface area (TPSA) is 20.2 Å². The van der Waals surface area contributed by atoms with Crippen molar-refractivity contribution in [3.05, 3.63) is 13.8 Å². The van der Waals surface area contributed by atoms with Crippen LogP contribution >= 0.6 is 0 Å². The summed E-state index contributed by atoms with van der Waals surface area (Å²) in [5.74, 6) is 2.85. The first-order chi connectivity index (χ1) is 7.04. The van der Waals surface area contributed by atoms with Crippen molar-refractivity contribution in [3.8, 4) is 11.5 Å². The monoisotopic (exact) mass is 238 g/mol. The zero-order valence-electron chi connectivity index (χ0n) is 11.6. The third-order valence-corrected chi connectivity index (χ3v) is 9.67. The van der Waals surface area contributed by atoms with Crippen LogP contribution < -0.4 is 0 Å². The van der Waals surface area contributed by atoms with Crippen LogP contribution in [-0.4, -0.2) is 18.8 Å². The highest BCUT2D eigenvalue weighted by molar-refractivity contribution is 6.90. The van der Waals surface area contributed by atoms with Gasteiger partial charge in [-0.3, -0.25) is 0 Å². The maximum absolute atomic E-state index is 9.55. The molecule has 0 atom stereocenters. The third-order valence-electron chi connectivity index (χ3n) is 3.38. The Labute approximate surface area is 103 Å². The fourth-order valence-electron chi connectivity index (χ4n) is 2.66. The maximum Gasteiger partial charge on any atom is 0.146 e. The van der Waals surface area contributed by atoms with Crippen molar-refractivity contribution in [3.63, 3.8) is 0 Å². The molecule has 2 heteroatoms. The van der Waals surface area contributed by atoms with Gasteiger partial charge in [-0.05, 0) is 30.5 Å². The average Bonchev–Trinajstić information content (AvgIpc) is 2.00. The van der Waals surface area contributed by atoms with Crippen LogP contribution in [0, 0.1) is 25.3 Å². The molecule has 2 radical (unpaired) electrons. The lowest BCUT2D eigenvalue weighted by Gasteiger charge is -2.38. The van der Waals surface area contributed by atoms with Gasteiger partial charge in [-0.2, -0.15) is 0 Å². The van der Waals surface area contributed by atoms with Crippen molar-refractivity contribution in [2.75, 3.05) is 0 Å². The van der Waals surface area contributed by atoms with Gasteiger partial charge >= 0.3 is 0 Å². The highest BCUT2D eigenvalue weighted by Gasteiger charge is 2.41. The molecule has 0 aromatic carbocycles. The molecule has 0 bridgehead atoms. The van der Waals surface area contributed by atoms with E-state index in [9.17, 15) is 5.11 Å². The van der Waals surface area contributed by atoms with Gasteiger partial charge in [0.05, 0.1) is 0 Å². The summed E-state index contributed by atoms with van der Waals surface area (Å²) < 4.78 is 0. The van der Waals surface area contributed by atoms with E-state index in [0.717, 1.165) is 0 Å². The van der Waals surface area contributed by atoms with E-state index in [2.05, 4.69) is 66.9 Å². The van der Waals surface area contributed by atoms with Gasteiger partial charge in [0.1, 0.15) is 13.7 Å². The quantitative estimate of drug-likeness (QED) is 0.588. The Hall–Kier alpha value is -0.263. The fourth-order valence-corrected chi connectivity index (χ4v) is 7.97. The summed E-state index contributed by atoms with van der Waals surface area (Å²) in [6.45, 7) is 20.5. The molecule has 0 fully saturated rings. The van der Waals surface area contributed by atoms with Gasteiger partial charge < -0.3 is 5.11 Å². The Bertz CT molecular complexity index is 252. The smallest absolute Gasteiger partial charge is 0.146 e. The molecular formula is C14H26OSi. The van der Waals surface area contributed by atoms with Crippen LogP contribution in [0.15, 0.2) is 0 Å². The van der Waals surface area contributed by atoms with E-state index in [1.165, 1.54) is 0 Å². The molecule has 16 heavy (non-hydrogen) atoms. The molecule has 0 unspecified atom stereocenters. The fraction of sp³-hybridized carbons (Fsp3) is 0.714. The lowest BCUT2D eigenvalue weighted by atomic mass is 10.2. The van der Waals surface area contributed by atoms with E-state index in [1.807, 2.05) is 0 Å². The van der Waals surface area contributed by atoms with Crippen LogP contribution in [0.4, 0.5) is 0 Å². The predicted octanol–water partition coefficient (Wildman–Crippen LogP) is 3.61. The Morgan fingerprint density at radius 2 is 1.25 bits per heavy atom. The van der Waals surface area contributed by atoms with E-state index in [1.54, 1.807) is 0 Å². The number of rotatable bonds is 3. The zero-order chi connectivity index (χ0) is 13.1. The highest BCUT2D eigenvalue weighted by Crippen LogP contribution is 2.40. The molecular weight excluding hydrogens is 212 g/mol. The van der Waals surface area contributed by atoms with E-state index in [-0.39, 0.29) is 0 Å². The first-order valence-corrected chi connectivity index (χ1v) is 8.24. The minimum absolute atomic E-state index is 0.572. The van der Waals surface area contributed by atoms with E-state index >= 15 is 0 Å².